The van der Waals surface area contributed by atoms with Gasteiger partial charge in [0, 0.05) is 40.7 Å². The van der Waals surface area contributed by atoms with E-state index in [2.05, 4.69) is 21.6 Å². The normalized spacial score (nSPS) is 11.8. The molecule has 0 atom stereocenters. The maximum absolute atomic E-state index is 15.1. The van der Waals surface area contributed by atoms with Crippen molar-refractivity contribution in [2.75, 3.05) is 0 Å². The van der Waals surface area contributed by atoms with Crippen LogP contribution in [0, 0.1) is 34.9 Å². The Morgan fingerprint density at radius 1 is 0.667 bits per heavy atom. The van der Waals surface area contributed by atoms with Crippen molar-refractivity contribution in [3.63, 3.8) is 0 Å². The molecule has 5 aromatic rings. The zero-order valence-corrected chi connectivity index (χ0v) is 25.1. The predicted octanol–water partition coefficient (Wildman–Crippen LogP) is 11.1. The van der Waals surface area contributed by atoms with Crippen molar-refractivity contribution in [2.24, 2.45) is 0 Å². The minimum Gasteiger partial charge on any atom is -0.429 e. The van der Waals surface area contributed by atoms with Crippen LogP contribution in [0.3, 0.4) is 0 Å². The molecule has 0 saturated carbocycles. The number of benzene rings is 4. The van der Waals surface area contributed by atoms with Gasteiger partial charge in [-0.3, -0.25) is 0 Å². The van der Waals surface area contributed by atoms with Gasteiger partial charge in [-0.15, -0.1) is 0 Å². The van der Waals surface area contributed by atoms with Crippen LogP contribution in [0.15, 0.2) is 79.4 Å². The maximum Gasteiger partial charge on any atom is 0.432 e. The molecule has 1 heterocycles. The number of aromatic nitrogens is 2. The second-order valence-electron chi connectivity index (χ2n) is 10.8. The third-order valence-corrected chi connectivity index (χ3v) is 7.45. The largest absolute Gasteiger partial charge is 0.432 e. The molecular weight excluding hydrogens is 647 g/mol. The molecule has 0 aliphatic heterocycles. The lowest BCUT2D eigenvalue weighted by Crippen LogP contribution is -2.25. The Morgan fingerprint density at radius 3 is 1.75 bits per heavy atom. The lowest BCUT2D eigenvalue weighted by Gasteiger charge is -2.20. The van der Waals surface area contributed by atoms with Crippen molar-refractivity contribution in [1.29, 1.82) is 0 Å². The minimum absolute atomic E-state index is 0.0892. The summed E-state index contributed by atoms with van der Waals surface area (Å²) in [5.41, 5.74) is -2.78. The summed E-state index contributed by atoms with van der Waals surface area (Å²) in [5, 5.41) is 0. The van der Waals surface area contributed by atoms with Crippen molar-refractivity contribution in [3.8, 4) is 39.4 Å². The number of halogens is 9. The Hall–Kier alpha value is -5.13. The first kappa shape index (κ1) is 34.2. The molecule has 0 saturated heterocycles. The number of aryl methyl sites for hydroxylation is 1. The second-order valence-corrected chi connectivity index (χ2v) is 10.8. The highest BCUT2D eigenvalue weighted by Crippen LogP contribution is 2.39. The van der Waals surface area contributed by atoms with Gasteiger partial charge in [0.25, 0.3) is 0 Å². The first-order chi connectivity index (χ1) is 22.9. The van der Waals surface area contributed by atoms with E-state index in [0.29, 0.717) is 36.4 Å². The van der Waals surface area contributed by atoms with Crippen molar-refractivity contribution >= 4 is 6.08 Å². The van der Waals surface area contributed by atoms with Crippen LogP contribution in [0.25, 0.3) is 39.7 Å². The molecule has 248 valence electrons. The van der Waals surface area contributed by atoms with Crippen LogP contribution < -0.4 is 4.74 Å². The fourth-order valence-electron chi connectivity index (χ4n) is 5.06. The highest BCUT2D eigenvalue weighted by Gasteiger charge is 2.41. The molecule has 0 bridgehead atoms. The quantitative estimate of drug-likeness (QED) is 0.103. The zero-order chi connectivity index (χ0) is 34.6. The van der Waals surface area contributed by atoms with E-state index in [1.807, 2.05) is 0 Å². The van der Waals surface area contributed by atoms with Gasteiger partial charge in [0.15, 0.2) is 5.82 Å². The molecule has 0 radical (unpaired) electrons. The first-order valence-electron chi connectivity index (χ1n) is 14.6. The number of ether oxygens (including phenoxy) is 1. The summed E-state index contributed by atoms with van der Waals surface area (Å²) in [6.45, 7) is 2.08. The summed E-state index contributed by atoms with van der Waals surface area (Å²) in [6.07, 6.45) is 2.91. The van der Waals surface area contributed by atoms with Gasteiger partial charge in [0.2, 0.25) is 0 Å². The molecule has 0 amide bonds. The summed E-state index contributed by atoms with van der Waals surface area (Å²) < 4.78 is 135. The Kier molecular flexibility index (Phi) is 10.2. The molecule has 1 aromatic heterocycles. The van der Waals surface area contributed by atoms with Gasteiger partial charge in [-0.1, -0.05) is 31.9 Å². The first-order valence-corrected chi connectivity index (χ1v) is 14.6. The highest BCUT2D eigenvalue weighted by atomic mass is 19.3. The van der Waals surface area contributed by atoms with Gasteiger partial charge >= 0.3 is 6.11 Å². The van der Waals surface area contributed by atoms with E-state index in [1.54, 1.807) is 12.4 Å². The molecule has 5 rings (SSSR count). The summed E-state index contributed by atoms with van der Waals surface area (Å²) in [5.74, 6) is -8.81. The van der Waals surface area contributed by atoms with Crippen molar-refractivity contribution in [2.45, 2.75) is 38.7 Å². The third-order valence-electron chi connectivity index (χ3n) is 7.45. The fraction of sp³-hybridized carbons (Fsp3) is 0.167. The Balaban J connectivity index is 1.36. The Bertz CT molecular complexity index is 1930. The van der Waals surface area contributed by atoms with Crippen LogP contribution in [0.4, 0.5) is 39.5 Å². The summed E-state index contributed by atoms with van der Waals surface area (Å²) >= 11 is 0. The lowest BCUT2D eigenvalue weighted by atomic mass is 10.00. The van der Waals surface area contributed by atoms with E-state index >= 15 is 22.0 Å². The number of nitrogens with zero attached hydrogens (tertiary/aromatic N) is 2. The molecule has 0 spiro atoms. The van der Waals surface area contributed by atoms with E-state index in [0.717, 1.165) is 49.4 Å². The van der Waals surface area contributed by atoms with Crippen LogP contribution in [-0.4, -0.2) is 9.97 Å². The number of unbranched alkanes of at least 4 members (excludes halogenated alkanes) is 2. The Morgan fingerprint density at radius 2 is 1.21 bits per heavy atom. The maximum atomic E-state index is 15.1. The lowest BCUT2D eigenvalue weighted by molar-refractivity contribution is -0.189. The highest BCUT2D eigenvalue weighted by molar-refractivity contribution is 5.70. The van der Waals surface area contributed by atoms with Crippen LogP contribution in [0.2, 0.25) is 0 Å². The van der Waals surface area contributed by atoms with Crippen molar-refractivity contribution in [1.82, 2.24) is 9.97 Å². The van der Waals surface area contributed by atoms with Gasteiger partial charge in [-0.25, -0.2) is 40.7 Å². The third kappa shape index (κ3) is 7.37. The molecule has 0 unspecified atom stereocenters. The second kappa shape index (κ2) is 14.3. The SMILES string of the molecule is CCCCCc1cnc(-c2ccc(-c3cc(F)c(C(F)(F)Oc4ccc(-c5cc(F)c(C=CF)c(F)c5)c(F)c4)c(F)c3)c(F)c2)nc1. The topological polar surface area (TPSA) is 35.0 Å². The van der Waals surface area contributed by atoms with Crippen LogP contribution in [0.1, 0.15) is 42.9 Å². The summed E-state index contributed by atoms with van der Waals surface area (Å²) in [4.78, 5) is 8.50. The standard InChI is InChI=1S/C36H25F9N2O/c1-2-3-4-5-20-18-46-35(47-19-20)21-6-8-25(28(38)12-21)23-15-32(42)34(33(43)16-23)36(44,45)48-24-7-9-26(31(41)17-24)22-13-29(39)27(10-11-37)30(40)14-22/h6-19H,2-5H2,1H3. The number of hydrogen-bond acceptors (Lipinski definition) is 3. The van der Waals surface area contributed by atoms with Crippen LogP contribution >= 0.6 is 0 Å². The average Bonchev–Trinajstić information content (AvgIpc) is 3.02. The van der Waals surface area contributed by atoms with Crippen LogP contribution in [-0.2, 0) is 12.5 Å². The van der Waals surface area contributed by atoms with Crippen molar-refractivity contribution in [3.05, 3.63) is 131 Å². The fourth-order valence-corrected chi connectivity index (χ4v) is 5.06. The molecular formula is C36H25F9N2O. The molecule has 0 aliphatic rings. The van der Waals surface area contributed by atoms with E-state index in [4.69, 9.17) is 0 Å². The molecule has 0 aliphatic carbocycles. The minimum atomic E-state index is -4.68. The van der Waals surface area contributed by atoms with Gasteiger partial charge < -0.3 is 4.74 Å². The number of hydrogen-bond donors (Lipinski definition) is 0. The molecule has 12 heteroatoms. The molecule has 3 nitrogen and oxygen atoms in total. The number of alkyl halides is 2. The Labute approximate surface area is 269 Å². The molecule has 48 heavy (non-hydrogen) atoms. The number of rotatable bonds is 11. The van der Waals surface area contributed by atoms with E-state index in [-0.39, 0.29) is 34.4 Å². The summed E-state index contributed by atoms with van der Waals surface area (Å²) in [7, 11) is 0. The van der Waals surface area contributed by atoms with Gasteiger partial charge in [-0.2, -0.15) is 8.78 Å². The van der Waals surface area contributed by atoms with E-state index in [1.165, 1.54) is 12.1 Å². The van der Waals surface area contributed by atoms with E-state index < -0.39 is 63.5 Å². The zero-order valence-electron chi connectivity index (χ0n) is 25.1. The summed E-state index contributed by atoms with van der Waals surface area (Å²) in [6, 6.07) is 8.18. The molecule has 0 fully saturated rings. The van der Waals surface area contributed by atoms with Gasteiger partial charge in [-0.05, 0) is 78.1 Å². The molecule has 4 aromatic carbocycles. The monoisotopic (exact) mass is 672 g/mol. The van der Waals surface area contributed by atoms with Crippen molar-refractivity contribution < 1.29 is 44.3 Å². The average molecular weight is 673 g/mol. The smallest absolute Gasteiger partial charge is 0.429 e. The van der Waals surface area contributed by atoms with Crippen LogP contribution in [0.5, 0.6) is 5.75 Å². The van der Waals surface area contributed by atoms with Gasteiger partial charge in [0.05, 0.1) is 6.33 Å². The van der Waals surface area contributed by atoms with Gasteiger partial charge in [0.1, 0.15) is 46.2 Å². The predicted molar refractivity (Wildman–Crippen MR) is 162 cm³/mol. The van der Waals surface area contributed by atoms with E-state index in [9.17, 15) is 17.6 Å². The molecule has 0 N–H and O–H groups in total.